The molecule has 2 aliphatic heterocycles. The fourth-order valence-electron chi connectivity index (χ4n) is 2.72. The van der Waals surface area contributed by atoms with Gasteiger partial charge in [0, 0.05) is 17.5 Å². The van der Waals surface area contributed by atoms with E-state index in [1.54, 1.807) is 23.6 Å². The Morgan fingerprint density at radius 3 is 2.78 bits per heavy atom. The van der Waals surface area contributed by atoms with E-state index in [0.717, 1.165) is 0 Å². The van der Waals surface area contributed by atoms with Gasteiger partial charge < -0.3 is 9.15 Å². The molecule has 0 bridgehead atoms. The number of esters is 1. The number of nitro benzene ring substituents is 1. The molecule has 1 atom stereocenters. The molecule has 1 aromatic heterocycles. The second-order valence-electron chi connectivity index (χ2n) is 5.78. The van der Waals surface area contributed by atoms with Crippen molar-refractivity contribution >= 4 is 35.4 Å². The lowest BCUT2D eigenvalue weighted by molar-refractivity contribution is -0.384. The van der Waals surface area contributed by atoms with Crippen LogP contribution in [0.15, 0.2) is 63.8 Å². The Morgan fingerprint density at radius 1 is 1.33 bits per heavy atom. The van der Waals surface area contributed by atoms with Crippen LogP contribution < -0.4 is 0 Å². The number of β-lactam (4-membered cyclic amide) rings is 1. The van der Waals surface area contributed by atoms with E-state index in [9.17, 15) is 19.7 Å². The average Bonchev–Trinajstić information content (AvgIpc) is 3.32. The topological polar surface area (TPSA) is 103 Å². The summed E-state index contributed by atoms with van der Waals surface area (Å²) in [4.78, 5) is 36.2. The number of amides is 1. The number of furan rings is 1. The summed E-state index contributed by atoms with van der Waals surface area (Å²) in [6, 6.07) is 9.20. The summed E-state index contributed by atoms with van der Waals surface area (Å²) >= 11 is 1.35. The van der Waals surface area contributed by atoms with Crippen LogP contribution in [0.1, 0.15) is 11.3 Å². The molecule has 1 fully saturated rings. The van der Waals surface area contributed by atoms with Crippen LogP contribution in [-0.4, -0.2) is 27.1 Å². The zero-order chi connectivity index (χ0) is 19.0. The van der Waals surface area contributed by atoms with Gasteiger partial charge in [-0.2, -0.15) is 0 Å². The second-order valence-corrected chi connectivity index (χ2v) is 6.74. The van der Waals surface area contributed by atoms with E-state index in [1.165, 1.54) is 47.2 Å². The maximum Gasteiger partial charge on any atom is 0.355 e. The van der Waals surface area contributed by atoms with Crippen molar-refractivity contribution in [3.8, 4) is 0 Å². The fourth-order valence-corrected chi connectivity index (χ4v) is 3.84. The zero-order valence-electron chi connectivity index (χ0n) is 13.7. The monoisotopic (exact) mass is 384 g/mol. The largest absolute Gasteiger partial charge is 0.465 e. The minimum absolute atomic E-state index is 0.0372. The Kier molecular flexibility index (Phi) is 4.28. The Balaban J connectivity index is 1.38. The van der Waals surface area contributed by atoms with Crippen LogP contribution in [0.25, 0.3) is 6.08 Å². The number of rotatable bonds is 5. The van der Waals surface area contributed by atoms with Crippen LogP contribution in [0, 0.1) is 10.1 Å². The van der Waals surface area contributed by atoms with E-state index in [-0.39, 0.29) is 29.3 Å². The molecule has 1 saturated heterocycles. The molecule has 0 saturated carbocycles. The smallest absolute Gasteiger partial charge is 0.355 e. The lowest BCUT2D eigenvalue weighted by Gasteiger charge is -2.37. The highest BCUT2D eigenvalue weighted by atomic mass is 32.2. The molecule has 27 heavy (non-hydrogen) atoms. The predicted octanol–water partition coefficient (Wildman–Crippen LogP) is 3.07. The van der Waals surface area contributed by atoms with Crippen LogP contribution in [-0.2, 0) is 20.9 Å². The highest BCUT2D eigenvalue weighted by molar-refractivity contribution is 8.03. The number of carbonyl (C=O) groups is 2. The Bertz CT molecular complexity index is 978. The van der Waals surface area contributed by atoms with Gasteiger partial charge in [0.15, 0.2) is 0 Å². The highest BCUT2D eigenvalue weighted by Crippen LogP contribution is 2.45. The SMILES string of the molecule is O=C(OCc1ccc([N+](=O)[O-])cc1)C1=CS[C@@H]2/C(=C/c3ccco3)C(=O)N12. The van der Waals surface area contributed by atoms with Gasteiger partial charge in [0.1, 0.15) is 23.4 Å². The van der Waals surface area contributed by atoms with Gasteiger partial charge in [-0.1, -0.05) is 0 Å². The number of hydrogen-bond acceptors (Lipinski definition) is 7. The standard InChI is InChI=1S/C18H12N2O6S/c21-16-14(8-13-2-1-7-25-13)17-19(16)15(10-27-17)18(22)26-9-11-3-5-12(6-4-11)20(23)24/h1-8,10,17H,9H2/b14-8+/t17-/m1/s1. The molecule has 2 aromatic rings. The van der Waals surface area contributed by atoms with Gasteiger partial charge in [-0.25, -0.2) is 4.79 Å². The number of nitro groups is 1. The van der Waals surface area contributed by atoms with Gasteiger partial charge in [-0.3, -0.25) is 19.8 Å². The van der Waals surface area contributed by atoms with Gasteiger partial charge in [-0.05, 0) is 35.9 Å². The summed E-state index contributed by atoms with van der Waals surface area (Å²) in [5.74, 6) is -0.304. The van der Waals surface area contributed by atoms with E-state index < -0.39 is 10.9 Å². The van der Waals surface area contributed by atoms with Crippen LogP contribution in [0.2, 0.25) is 0 Å². The second kappa shape index (κ2) is 6.76. The summed E-state index contributed by atoms with van der Waals surface area (Å²) in [7, 11) is 0. The van der Waals surface area contributed by atoms with Gasteiger partial charge >= 0.3 is 5.97 Å². The van der Waals surface area contributed by atoms with Crippen molar-refractivity contribution < 1.29 is 23.7 Å². The van der Waals surface area contributed by atoms with E-state index in [2.05, 4.69) is 0 Å². The van der Waals surface area contributed by atoms with Crippen molar-refractivity contribution in [3.63, 3.8) is 0 Å². The number of fused-ring (bicyclic) bond motifs is 1. The minimum Gasteiger partial charge on any atom is -0.465 e. The van der Waals surface area contributed by atoms with Crippen molar-refractivity contribution in [3.05, 3.63) is 80.8 Å². The zero-order valence-corrected chi connectivity index (χ0v) is 14.5. The average molecular weight is 384 g/mol. The molecule has 3 heterocycles. The maximum absolute atomic E-state index is 12.4. The summed E-state index contributed by atoms with van der Waals surface area (Å²) in [6.45, 7) is -0.0410. The Morgan fingerprint density at radius 2 is 2.11 bits per heavy atom. The van der Waals surface area contributed by atoms with Crippen molar-refractivity contribution in [2.75, 3.05) is 0 Å². The number of hydrogen-bond donors (Lipinski definition) is 0. The van der Waals surface area contributed by atoms with Gasteiger partial charge in [0.25, 0.3) is 11.6 Å². The van der Waals surface area contributed by atoms with E-state index in [1.807, 2.05) is 0 Å². The molecule has 1 amide bonds. The van der Waals surface area contributed by atoms with Gasteiger partial charge in [0.05, 0.1) is 16.8 Å². The third-order valence-electron chi connectivity index (χ3n) is 4.10. The first-order chi connectivity index (χ1) is 13.0. The maximum atomic E-state index is 12.4. The predicted molar refractivity (Wildman–Crippen MR) is 95.9 cm³/mol. The first kappa shape index (κ1) is 17.1. The lowest BCUT2D eigenvalue weighted by Crippen LogP contribution is -2.51. The van der Waals surface area contributed by atoms with Crippen molar-refractivity contribution in [1.29, 1.82) is 0 Å². The molecular formula is C18H12N2O6S. The Hall–Kier alpha value is -3.33. The minimum atomic E-state index is -0.617. The van der Waals surface area contributed by atoms with Crippen molar-refractivity contribution in [1.82, 2.24) is 4.90 Å². The molecule has 0 N–H and O–H groups in total. The summed E-state index contributed by atoms with van der Waals surface area (Å²) in [6.07, 6.45) is 3.18. The van der Waals surface area contributed by atoms with E-state index >= 15 is 0 Å². The molecule has 0 aliphatic carbocycles. The number of non-ortho nitro benzene ring substituents is 1. The molecule has 8 nitrogen and oxygen atoms in total. The summed E-state index contributed by atoms with van der Waals surface area (Å²) in [5.41, 5.74) is 1.33. The molecule has 9 heteroatoms. The van der Waals surface area contributed by atoms with Crippen molar-refractivity contribution in [2.24, 2.45) is 0 Å². The molecule has 0 spiro atoms. The molecule has 2 aliphatic rings. The van der Waals surface area contributed by atoms with Crippen molar-refractivity contribution in [2.45, 2.75) is 12.0 Å². The number of carbonyl (C=O) groups excluding carboxylic acids is 2. The molecule has 0 radical (unpaired) electrons. The lowest BCUT2D eigenvalue weighted by atomic mass is 10.0. The molecule has 136 valence electrons. The molecular weight excluding hydrogens is 372 g/mol. The third-order valence-corrected chi connectivity index (χ3v) is 5.18. The van der Waals surface area contributed by atoms with Crippen LogP contribution >= 0.6 is 11.8 Å². The first-order valence-electron chi connectivity index (χ1n) is 7.89. The number of ether oxygens (including phenoxy) is 1. The first-order valence-corrected chi connectivity index (χ1v) is 8.83. The Labute approximate surface area is 157 Å². The highest BCUT2D eigenvalue weighted by Gasteiger charge is 2.49. The van der Waals surface area contributed by atoms with E-state index in [4.69, 9.17) is 9.15 Å². The van der Waals surface area contributed by atoms with Crippen LogP contribution in [0.5, 0.6) is 0 Å². The summed E-state index contributed by atoms with van der Waals surface area (Å²) < 4.78 is 10.4. The molecule has 0 unspecified atom stereocenters. The quantitative estimate of drug-likeness (QED) is 0.257. The summed E-state index contributed by atoms with van der Waals surface area (Å²) in [5, 5.41) is 12.0. The van der Waals surface area contributed by atoms with E-state index in [0.29, 0.717) is 16.9 Å². The number of thioether (sulfide) groups is 1. The van der Waals surface area contributed by atoms with Gasteiger partial charge in [0.2, 0.25) is 0 Å². The normalized spacial score (nSPS) is 19.5. The van der Waals surface area contributed by atoms with Crippen LogP contribution in [0.3, 0.4) is 0 Å². The third kappa shape index (κ3) is 3.13. The number of nitrogens with zero attached hydrogens (tertiary/aromatic N) is 2. The van der Waals surface area contributed by atoms with Gasteiger partial charge in [-0.15, -0.1) is 11.8 Å². The van der Waals surface area contributed by atoms with Crippen LogP contribution in [0.4, 0.5) is 5.69 Å². The molecule has 1 aromatic carbocycles. The molecule has 4 rings (SSSR count). The fraction of sp³-hybridized carbons (Fsp3) is 0.111. The number of benzene rings is 1.